The van der Waals surface area contributed by atoms with Crippen LogP contribution < -0.4 is 0 Å². The average molecular weight is 374 g/mol. The minimum absolute atomic E-state index is 0.218. The van der Waals surface area contributed by atoms with Crippen molar-refractivity contribution in [2.24, 2.45) is 0 Å². The summed E-state index contributed by atoms with van der Waals surface area (Å²) in [5.74, 6) is -0.443. The summed E-state index contributed by atoms with van der Waals surface area (Å²) >= 11 is 0. The molecule has 3 heterocycles. The second-order valence-corrected chi connectivity index (χ2v) is 6.64. The van der Waals surface area contributed by atoms with Gasteiger partial charge in [-0.05, 0) is 36.5 Å². The van der Waals surface area contributed by atoms with E-state index in [0.29, 0.717) is 42.6 Å². The summed E-state index contributed by atoms with van der Waals surface area (Å²) in [4.78, 5) is 18.4. The van der Waals surface area contributed by atoms with Crippen LogP contribution in [0.15, 0.2) is 42.7 Å². The fourth-order valence-corrected chi connectivity index (χ4v) is 3.67. The van der Waals surface area contributed by atoms with Crippen LogP contribution in [-0.4, -0.2) is 39.1 Å². The van der Waals surface area contributed by atoms with Crippen LogP contribution >= 0.6 is 0 Å². The zero-order valence-corrected chi connectivity index (χ0v) is 14.3. The first-order chi connectivity index (χ1) is 12.9. The second-order valence-electron chi connectivity index (χ2n) is 6.64. The van der Waals surface area contributed by atoms with Crippen molar-refractivity contribution < 1.29 is 18.0 Å². The Bertz CT molecular complexity index is 974. The molecule has 5 nitrogen and oxygen atoms in total. The van der Waals surface area contributed by atoms with E-state index in [1.165, 1.54) is 12.1 Å². The van der Waals surface area contributed by atoms with Gasteiger partial charge < -0.3 is 4.90 Å². The molecule has 0 atom stereocenters. The molecule has 1 aromatic carbocycles. The lowest BCUT2D eigenvalue weighted by atomic mass is 9.86. The summed E-state index contributed by atoms with van der Waals surface area (Å²) in [5.41, 5.74) is 0.750. The third kappa shape index (κ3) is 3.27. The Morgan fingerprint density at radius 1 is 1.15 bits per heavy atom. The number of aromatic nitrogens is 3. The number of halogens is 3. The topological polar surface area (TPSA) is 61.9 Å². The lowest BCUT2D eigenvalue weighted by Gasteiger charge is -2.33. The highest BCUT2D eigenvalue weighted by molar-refractivity contribution is 6.04. The van der Waals surface area contributed by atoms with E-state index in [0.717, 1.165) is 11.6 Å². The molecule has 3 aromatic rings. The summed E-state index contributed by atoms with van der Waals surface area (Å²) in [6, 6.07) is 7.43. The Balaban J connectivity index is 1.51. The predicted molar refractivity (Wildman–Crippen MR) is 93.2 cm³/mol. The predicted octanol–water partition coefficient (Wildman–Crippen LogP) is 4.00. The Morgan fingerprint density at radius 2 is 1.89 bits per heavy atom. The molecule has 140 valence electrons. The van der Waals surface area contributed by atoms with Crippen molar-refractivity contribution in [2.75, 3.05) is 13.1 Å². The van der Waals surface area contributed by atoms with Gasteiger partial charge in [-0.25, -0.2) is 0 Å². The fraction of sp³-hybridized carbons (Fsp3) is 0.316. The van der Waals surface area contributed by atoms with Gasteiger partial charge in [0.2, 0.25) is 0 Å². The zero-order valence-electron chi connectivity index (χ0n) is 14.3. The van der Waals surface area contributed by atoms with Gasteiger partial charge in [0.05, 0.1) is 16.5 Å². The molecule has 1 amide bonds. The number of likely N-dealkylation sites (tertiary alicyclic amines) is 1. The SMILES string of the molecule is O=C(c1n[nH]c2ccncc12)N1CCC(c2ccccc2C(F)(F)F)CC1. The Labute approximate surface area is 153 Å². The van der Waals surface area contributed by atoms with E-state index in [9.17, 15) is 18.0 Å². The van der Waals surface area contributed by atoms with Crippen molar-refractivity contribution in [2.45, 2.75) is 24.9 Å². The molecule has 1 N–H and O–H groups in total. The summed E-state index contributed by atoms with van der Waals surface area (Å²) in [6.45, 7) is 0.786. The van der Waals surface area contributed by atoms with E-state index < -0.39 is 11.7 Å². The number of pyridine rings is 1. The van der Waals surface area contributed by atoms with Crippen molar-refractivity contribution in [1.82, 2.24) is 20.1 Å². The van der Waals surface area contributed by atoms with Gasteiger partial charge in [0.15, 0.2) is 5.69 Å². The van der Waals surface area contributed by atoms with E-state index in [1.807, 2.05) is 0 Å². The van der Waals surface area contributed by atoms with Gasteiger partial charge in [0, 0.05) is 25.5 Å². The lowest BCUT2D eigenvalue weighted by Crippen LogP contribution is -2.38. The van der Waals surface area contributed by atoms with Gasteiger partial charge in [-0.15, -0.1) is 0 Å². The summed E-state index contributed by atoms with van der Waals surface area (Å²) in [6.07, 6.45) is -0.208. The maximum absolute atomic E-state index is 13.3. The minimum atomic E-state index is -4.37. The molecule has 1 fully saturated rings. The van der Waals surface area contributed by atoms with Crippen molar-refractivity contribution in [1.29, 1.82) is 0 Å². The zero-order chi connectivity index (χ0) is 19.0. The Morgan fingerprint density at radius 3 is 2.63 bits per heavy atom. The molecule has 1 saturated heterocycles. The number of carbonyl (C=O) groups excluding carboxylic acids is 1. The first-order valence-corrected chi connectivity index (χ1v) is 8.68. The molecule has 0 bridgehead atoms. The summed E-state index contributed by atoms with van der Waals surface area (Å²) < 4.78 is 39.8. The largest absolute Gasteiger partial charge is 0.416 e. The van der Waals surface area contributed by atoms with E-state index in [1.54, 1.807) is 29.4 Å². The highest BCUT2D eigenvalue weighted by Gasteiger charge is 2.36. The third-order valence-corrected chi connectivity index (χ3v) is 5.06. The van der Waals surface area contributed by atoms with Gasteiger partial charge in [-0.1, -0.05) is 18.2 Å². The maximum atomic E-state index is 13.3. The molecule has 27 heavy (non-hydrogen) atoms. The quantitative estimate of drug-likeness (QED) is 0.738. The Kier molecular flexibility index (Phi) is 4.33. The Hall–Kier alpha value is -2.90. The standard InChI is InChI=1S/C19H17F3N4O/c20-19(21,22)15-4-2-1-3-13(15)12-6-9-26(10-7-12)18(27)17-14-11-23-8-5-16(14)24-25-17/h1-5,8,11-12H,6-7,9-10H2,(H,24,25). The van der Waals surface area contributed by atoms with Crippen molar-refractivity contribution >= 4 is 16.8 Å². The van der Waals surface area contributed by atoms with Crippen molar-refractivity contribution in [3.8, 4) is 0 Å². The molecule has 1 aliphatic heterocycles. The number of nitrogens with one attached hydrogen (secondary N) is 1. The first-order valence-electron chi connectivity index (χ1n) is 8.68. The highest BCUT2D eigenvalue weighted by Crippen LogP contribution is 2.38. The van der Waals surface area contributed by atoms with Gasteiger partial charge in [-0.2, -0.15) is 18.3 Å². The number of hydrogen-bond acceptors (Lipinski definition) is 3. The number of piperidine rings is 1. The molecule has 0 radical (unpaired) electrons. The number of hydrogen-bond donors (Lipinski definition) is 1. The molecule has 8 heteroatoms. The molecule has 0 spiro atoms. The number of amides is 1. The number of fused-ring (bicyclic) bond motifs is 1. The van der Waals surface area contributed by atoms with Gasteiger partial charge in [0.1, 0.15) is 0 Å². The molecule has 2 aromatic heterocycles. The van der Waals surface area contributed by atoms with Gasteiger partial charge in [-0.3, -0.25) is 14.9 Å². The van der Waals surface area contributed by atoms with Gasteiger partial charge >= 0.3 is 6.18 Å². The number of H-pyrrole nitrogens is 1. The van der Waals surface area contributed by atoms with Crippen LogP contribution in [0.1, 0.15) is 40.4 Å². The molecule has 0 unspecified atom stereocenters. The second kappa shape index (κ2) is 6.68. The van der Waals surface area contributed by atoms with Crippen LogP contribution in [0.4, 0.5) is 13.2 Å². The van der Waals surface area contributed by atoms with Crippen LogP contribution in [0, 0.1) is 0 Å². The van der Waals surface area contributed by atoms with Crippen LogP contribution in [0.3, 0.4) is 0 Å². The van der Waals surface area contributed by atoms with E-state index in [-0.39, 0.29) is 11.8 Å². The number of benzene rings is 1. The minimum Gasteiger partial charge on any atom is -0.337 e. The number of nitrogens with zero attached hydrogens (tertiary/aromatic N) is 3. The molecule has 0 saturated carbocycles. The average Bonchev–Trinajstić information content (AvgIpc) is 3.11. The highest BCUT2D eigenvalue weighted by atomic mass is 19.4. The van der Waals surface area contributed by atoms with E-state index in [2.05, 4.69) is 15.2 Å². The molecule has 1 aliphatic rings. The normalized spacial score (nSPS) is 16.0. The number of alkyl halides is 3. The molecule has 4 rings (SSSR count). The molecule has 0 aliphatic carbocycles. The van der Waals surface area contributed by atoms with Crippen LogP contribution in [0.25, 0.3) is 10.9 Å². The molecular formula is C19H17F3N4O. The number of carbonyl (C=O) groups is 1. The van der Waals surface area contributed by atoms with Crippen LogP contribution in [0.5, 0.6) is 0 Å². The summed E-state index contributed by atoms with van der Waals surface area (Å²) in [5, 5.41) is 7.54. The van der Waals surface area contributed by atoms with Crippen molar-refractivity contribution in [3.05, 3.63) is 59.5 Å². The van der Waals surface area contributed by atoms with Gasteiger partial charge in [0.25, 0.3) is 5.91 Å². The van der Waals surface area contributed by atoms with E-state index in [4.69, 9.17) is 0 Å². The number of rotatable bonds is 2. The van der Waals surface area contributed by atoms with Crippen molar-refractivity contribution in [3.63, 3.8) is 0 Å². The molecular weight excluding hydrogens is 357 g/mol. The smallest absolute Gasteiger partial charge is 0.337 e. The van der Waals surface area contributed by atoms with Crippen LogP contribution in [0.2, 0.25) is 0 Å². The third-order valence-electron chi connectivity index (χ3n) is 5.06. The maximum Gasteiger partial charge on any atom is 0.416 e. The van der Waals surface area contributed by atoms with E-state index >= 15 is 0 Å². The number of aromatic amines is 1. The monoisotopic (exact) mass is 374 g/mol. The van der Waals surface area contributed by atoms with Crippen LogP contribution in [-0.2, 0) is 6.18 Å². The fourth-order valence-electron chi connectivity index (χ4n) is 3.67. The first kappa shape index (κ1) is 17.5. The lowest BCUT2D eigenvalue weighted by molar-refractivity contribution is -0.138. The summed E-state index contributed by atoms with van der Waals surface area (Å²) in [7, 11) is 0.